The van der Waals surface area contributed by atoms with Crippen LogP contribution in [0.25, 0.3) is 0 Å². The largest absolute Gasteiger partial charge is 0.477 e. The van der Waals surface area contributed by atoms with E-state index >= 15 is 0 Å². The Morgan fingerprint density at radius 2 is 1.48 bits per heavy atom. The summed E-state index contributed by atoms with van der Waals surface area (Å²) in [4.78, 5) is 35.7. The van der Waals surface area contributed by atoms with Gasteiger partial charge in [0.05, 0.1) is 32.0 Å². The number of aliphatic hydroxyl groups is 10. The third kappa shape index (κ3) is 8.26. The Labute approximate surface area is 260 Å². The maximum absolute atomic E-state index is 12.4. The van der Waals surface area contributed by atoms with Crippen molar-refractivity contribution in [2.45, 2.75) is 118 Å². The van der Waals surface area contributed by atoms with E-state index in [1.165, 1.54) is 0 Å². The molecule has 21 heteroatoms. The normalized spacial score (nSPS) is 42.9. The number of carbonyl (C=O) groups excluding carboxylic acids is 2. The molecule has 13 N–H and O–H groups in total. The SMILES string of the molecule is CC(=O)N[C@H]1[C@H]([C@@H](O)C(O)CO)O[C@@](OCC2O[C@@H](OC3[C@@H](CO)O[C@@H](O)[C@H](NC(C)=O)[C@H]3O)[C@H](O)[C@@H](O)[C@@H]2O)(C(=O)O)C[C@@H]1O. The number of hydrogen-bond donors (Lipinski definition) is 13. The van der Waals surface area contributed by atoms with Crippen LogP contribution in [0.3, 0.4) is 0 Å². The van der Waals surface area contributed by atoms with Gasteiger partial charge in [0.2, 0.25) is 11.8 Å². The molecule has 0 aliphatic carbocycles. The fourth-order valence-corrected chi connectivity index (χ4v) is 5.46. The summed E-state index contributed by atoms with van der Waals surface area (Å²) in [5.74, 6) is -6.12. The molecule has 3 fully saturated rings. The minimum absolute atomic E-state index is 0.677. The van der Waals surface area contributed by atoms with Crippen LogP contribution < -0.4 is 10.6 Å². The van der Waals surface area contributed by atoms with Crippen molar-refractivity contribution in [3.05, 3.63) is 0 Å². The standard InChI is InChI=1S/C25H42N2O19/c1-7(30)26-13-9(32)3-25(24(40)41,46-21(13)15(34)10(33)4-28)42-6-12-16(35)18(37)19(38)23(44-12)45-20-11(5-29)43-22(39)14(17(20)36)27-8(2)31/h9-23,28-29,32-39H,3-6H2,1-2H3,(H,26,30)(H,27,31)(H,40,41)/t9-,10?,11+,12?,13+,14+,15-,16+,17+,18-,19+,20?,21+,22+,23-,25+/m0/s1. The minimum atomic E-state index is -2.84. The van der Waals surface area contributed by atoms with Gasteiger partial charge in [0.25, 0.3) is 5.79 Å². The second kappa shape index (κ2) is 15.8. The highest BCUT2D eigenvalue weighted by Crippen LogP contribution is 2.35. The van der Waals surface area contributed by atoms with Crippen molar-refractivity contribution < 1.29 is 94.2 Å². The van der Waals surface area contributed by atoms with Crippen LogP contribution in [0.4, 0.5) is 0 Å². The van der Waals surface area contributed by atoms with Gasteiger partial charge in [-0.3, -0.25) is 9.59 Å². The molecule has 2 amide bonds. The van der Waals surface area contributed by atoms with E-state index in [0.717, 1.165) is 13.8 Å². The molecule has 0 spiro atoms. The smallest absolute Gasteiger partial charge is 0.364 e. The van der Waals surface area contributed by atoms with Crippen LogP contribution in [0.1, 0.15) is 20.3 Å². The van der Waals surface area contributed by atoms with Crippen LogP contribution in [-0.4, -0.2) is 191 Å². The summed E-state index contributed by atoms with van der Waals surface area (Å²) < 4.78 is 27.2. The number of amides is 2. The second-order valence-electron chi connectivity index (χ2n) is 11.3. The summed E-state index contributed by atoms with van der Waals surface area (Å²) in [6.45, 7) is -0.695. The van der Waals surface area contributed by atoms with Crippen LogP contribution >= 0.6 is 0 Å². The van der Waals surface area contributed by atoms with Crippen molar-refractivity contribution in [3.63, 3.8) is 0 Å². The van der Waals surface area contributed by atoms with E-state index in [1.807, 2.05) is 0 Å². The number of carboxylic acid groups (broad SMARTS) is 1. The number of carboxylic acids is 1. The highest BCUT2D eigenvalue weighted by molar-refractivity contribution is 5.76. The molecule has 0 radical (unpaired) electrons. The van der Waals surface area contributed by atoms with Gasteiger partial charge in [0, 0.05) is 20.3 Å². The van der Waals surface area contributed by atoms with E-state index in [0.29, 0.717) is 0 Å². The number of aliphatic hydroxyl groups excluding tert-OH is 10. The molecular formula is C25H42N2O19. The van der Waals surface area contributed by atoms with E-state index < -0.39 is 142 Å². The van der Waals surface area contributed by atoms with Crippen LogP contribution in [0.5, 0.6) is 0 Å². The summed E-state index contributed by atoms with van der Waals surface area (Å²) in [5.41, 5.74) is 0. The lowest BCUT2D eigenvalue weighted by Crippen LogP contribution is -2.69. The lowest BCUT2D eigenvalue weighted by Gasteiger charge is -2.48. The Morgan fingerprint density at radius 1 is 0.870 bits per heavy atom. The van der Waals surface area contributed by atoms with E-state index in [1.54, 1.807) is 0 Å². The van der Waals surface area contributed by atoms with Gasteiger partial charge in [-0.15, -0.1) is 0 Å². The second-order valence-corrected chi connectivity index (χ2v) is 11.3. The van der Waals surface area contributed by atoms with E-state index in [2.05, 4.69) is 10.6 Å². The number of hydrogen-bond acceptors (Lipinski definition) is 18. The van der Waals surface area contributed by atoms with Gasteiger partial charge in [0.15, 0.2) is 12.6 Å². The molecule has 3 aliphatic heterocycles. The number of ether oxygens (including phenoxy) is 5. The summed E-state index contributed by atoms with van der Waals surface area (Å²) in [7, 11) is 0. The molecule has 3 aliphatic rings. The molecule has 266 valence electrons. The molecule has 3 heterocycles. The van der Waals surface area contributed by atoms with Crippen molar-refractivity contribution in [1.82, 2.24) is 10.6 Å². The first kappa shape index (κ1) is 38.3. The van der Waals surface area contributed by atoms with E-state index in [9.17, 15) is 70.6 Å². The van der Waals surface area contributed by atoms with Crippen molar-refractivity contribution in [3.8, 4) is 0 Å². The zero-order chi connectivity index (χ0) is 34.7. The lowest BCUT2D eigenvalue weighted by atomic mass is 9.88. The maximum Gasteiger partial charge on any atom is 0.364 e. The first-order chi connectivity index (χ1) is 21.5. The number of rotatable bonds is 12. The minimum Gasteiger partial charge on any atom is -0.477 e. The molecule has 0 bridgehead atoms. The third-order valence-electron chi connectivity index (χ3n) is 7.87. The number of aliphatic carboxylic acids is 1. The zero-order valence-corrected chi connectivity index (χ0v) is 24.7. The molecule has 0 aromatic rings. The molecule has 0 saturated carbocycles. The Balaban J connectivity index is 1.83. The van der Waals surface area contributed by atoms with Gasteiger partial charge in [-0.25, -0.2) is 4.79 Å². The maximum atomic E-state index is 12.4. The zero-order valence-electron chi connectivity index (χ0n) is 24.7. The van der Waals surface area contributed by atoms with Crippen LogP contribution in [-0.2, 0) is 38.1 Å². The topological polar surface area (TPSA) is 344 Å². The molecule has 0 aromatic heterocycles. The monoisotopic (exact) mass is 674 g/mol. The molecule has 46 heavy (non-hydrogen) atoms. The highest BCUT2D eigenvalue weighted by atomic mass is 16.8. The quantitative estimate of drug-likeness (QED) is 0.0913. The summed E-state index contributed by atoms with van der Waals surface area (Å²) in [6.07, 6.45) is -24.9. The van der Waals surface area contributed by atoms with Crippen LogP contribution in [0.2, 0.25) is 0 Å². The Hall–Kier alpha value is -2.19. The van der Waals surface area contributed by atoms with E-state index in [4.69, 9.17) is 23.7 Å². The molecule has 0 aromatic carbocycles. The van der Waals surface area contributed by atoms with Gasteiger partial charge in [0.1, 0.15) is 67.1 Å². The highest BCUT2D eigenvalue weighted by Gasteiger charge is 2.57. The molecule has 16 atom stereocenters. The molecule has 21 nitrogen and oxygen atoms in total. The fourth-order valence-electron chi connectivity index (χ4n) is 5.46. The Kier molecular flexibility index (Phi) is 13.1. The van der Waals surface area contributed by atoms with Gasteiger partial charge in [-0.05, 0) is 0 Å². The fraction of sp³-hybridized carbons (Fsp3) is 0.880. The lowest BCUT2D eigenvalue weighted by molar-refractivity contribution is -0.358. The average molecular weight is 675 g/mol. The van der Waals surface area contributed by atoms with Gasteiger partial charge < -0.3 is 90.5 Å². The molecule has 3 rings (SSSR count). The predicted molar refractivity (Wildman–Crippen MR) is 142 cm³/mol. The Morgan fingerprint density at radius 3 is 2.02 bits per heavy atom. The van der Waals surface area contributed by atoms with E-state index in [-0.39, 0.29) is 0 Å². The third-order valence-corrected chi connectivity index (χ3v) is 7.87. The first-order valence-corrected chi connectivity index (χ1v) is 14.2. The van der Waals surface area contributed by atoms with Gasteiger partial charge >= 0.3 is 5.97 Å². The molecule has 3 saturated heterocycles. The van der Waals surface area contributed by atoms with Crippen molar-refractivity contribution in [1.29, 1.82) is 0 Å². The van der Waals surface area contributed by atoms with Crippen molar-refractivity contribution in [2.24, 2.45) is 0 Å². The molecule has 3 unspecified atom stereocenters. The van der Waals surface area contributed by atoms with Gasteiger partial charge in [-0.1, -0.05) is 0 Å². The first-order valence-electron chi connectivity index (χ1n) is 14.2. The van der Waals surface area contributed by atoms with Crippen LogP contribution in [0, 0.1) is 0 Å². The summed E-state index contributed by atoms with van der Waals surface area (Å²) in [6, 6.07) is -2.96. The van der Waals surface area contributed by atoms with Crippen molar-refractivity contribution in [2.75, 3.05) is 19.8 Å². The summed E-state index contributed by atoms with van der Waals surface area (Å²) >= 11 is 0. The summed E-state index contributed by atoms with van der Waals surface area (Å²) in [5, 5.41) is 117. The Bertz CT molecular complexity index is 1050. The predicted octanol–water partition coefficient (Wildman–Crippen LogP) is -8.08. The van der Waals surface area contributed by atoms with Crippen molar-refractivity contribution >= 4 is 17.8 Å². The molecular weight excluding hydrogens is 632 g/mol. The average Bonchev–Trinajstić information content (AvgIpc) is 2.99. The number of carbonyl (C=O) groups is 3. The van der Waals surface area contributed by atoms with Crippen LogP contribution in [0.15, 0.2) is 0 Å². The van der Waals surface area contributed by atoms with Gasteiger partial charge in [-0.2, -0.15) is 0 Å². The number of nitrogens with one attached hydrogen (secondary N) is 2.